The molecule has 0 bridgehead atoms. The standard InChI is InChI=1S/C20H17FIN3O4/c1-2-28-17-9-12(8-15(22)19(17)29-11-18(24)26)7-13(10-23)20(27)25-16-6-4-3-5-14(16)21/h3-9H,2,11H2,1H3,(H2,24,26)(H,25,27)/b13-7+. The predicted molar refractivity (Wildman–Crippen MR) is 114 cm³/mol. The molecule has 150 valence electrons. The minimum atomic E-state index is -0.750. The van der Waals surface area contributed by atoms with Crippen LogP contribution in [-0.2, 0) is 9.59 Å². The van der Waals surface area contributed by atoms with Gasteiger partial charge in [-0.15, -0.1) is 0 Å². The molecule has 0 radical (unpaired) electrons. The van der Waals surface area contributed by atoms with Crippen LogP contribution in [0.2, 0.25) is 0 Å². The van der Waals surface area contributed by atoms with Crippen LogP contribution in [0.25, 0.3) is 6.08 Å². The first kappa shape index (κ1) is 22.2. The number of carbonyl (C=O) groups is 2. The molecule has 0 fully saturated rings. The monoisotopic (exact) mass is 509 g/mol. The highest BCUT2D eigenvalue weighted by Crippen LogP contribution is 2.35. The van der Waals surface area contributed by atoms with E-state index >= 15 is 0 Å². The summed E-state index contributed by atoms with van der Waals surface area (Å²) in [5, 5.41) is 11.7. The number of carbonyl (C=O) groups excluding carboxylic acids is 2. The zero-order valence-electron chi connectivity index (χ0n) is 15.4. The molecule has 2 aromatic rings. The first-order chi connectivity index (χ1) is 13.8. The van der Waals surface area contributed by atoms with Crippen molar-refractivity contribution in [1.82, 2.24) is 0 Å². The van der Waals surface area contributed by atoms with Gasteiger partial charge in [0.1, 0.15) is 17.5 Å². The summed E-state index contributed by atoms with van der Waals surface area (Å²) in [6, 6.07) is 10.7. The van der Waals surface area contributed by atoms with E-state index in [1.807, 2.05) is 22.6 Å². The lowest BCUT2D eigenvalue weighted by Crippen LogP contribution is -2.20. The number of nitrogens with two attached hydrogens (primary N) is 1. The van der Waals surface area contributed by atoms with Crippen molar-refractivity contribution < 1.29 is 23.5 Å². The Bertz CT molecular complexity index is 1000. The topological polar surface area (TPSA) is 114 Å². The molecule has 3 N–H and O–H groups in total. The second-order valence-corrected chi connectivity index (χ2v) is 6.78. The van der Waals surface area contributed by atoms with Crippen molar-refractivity contribution >= 4 is 46.2 Å². The second-order valence-electron chi connectivity index (χ2n) is 5.62. The number of primary amides is 1. The molecule has 0 saturated heterocycles. The van der Waals surface area contributed by atoms with Gasteiger partial charge in [0.05, 0.1) is 15.9 Å². The number of nitrogens with zero attached hydrogens (tertiary/aromatic N) is 1. The molecule has 2 amide bonds. The lowest BCUT2D eigenvalue weighted by Gasteiger charge is -2.14. The molecule has 0 heterocycles. The third-order valence-corrected chi connectivity index (χ3v) is 4.29. The number of halogens is 2. The number of hydrogen-bond donors (Lipinski definition) is 2. The van der Waals surface area contributed by atoms with Gasteiger partial charge in [0.2, 0.25) is 0 Å². The lowest BCUT2D eigenvalue weighted by molar-refractivity contribution is -0.120. The van der Waals surface area contributed by atoms with Crippen molar-refractivity contribution in [2.75, 3.05) is 18.5 Å². The number of nitriles is 1. The summed E-state index contributed by atoms with van der Waals surface area (Å²) < 4.78 is 25.2. The maximum atomic E-state index is 13.7. The molecule has 7 nitrogen and oxygen atoms in total. The fourth-order valence-electron chi connectivity index (χ4n) is 2.29. The summed E-state index contributed by atoms with van der Waals surface area (Å²) in [7, 11) is 0. The van der Waals surface area contributed by atoms with Crippen molar-refractivity contribution in [1.29, 1.82) is 5.26 Å². The highest BCUT2D eigenvalue weighted by atomic mass is 127. The molecule has 0 aliphatic rings. The van der Waals surface area contributed by atoms with Gasteiger partial charge in [-0.2, -0.15) is 5.26 Å². The summed E-state index contributed by atoms with van der Waals surface area (Å²) in [5.74, 6) is -1.33. The van der Waals surface area contributed by atoms with Gasteiger partial charge in [0.15, 0.2) is 18.1 Å². The quantitative estimate of drug-likeness (QED) is 0.322. The third kappa shape index (κ3) is 6.18. The van der Waals surface area contributed by atoms with Gasteiger partial charge in [0.25, 0.3) is 11.8 Å². The maximum absolute atomic E-state index is 13.7. The Balaban J connectivity index is 2.34. The SMILES string of the molecule is CCOc1cc(/C=C(\C#N)C(=O)Nc2ccccc2F)cc(I)c1OCC(N)=O. The molecule has 0 aromatic heterocycles. The summed E-state index contributed by atoms with van der Waals surface area (Å²) in [6.07, 6.45) is 1.35. The number of amides is 2. The molecule has 0 saturated carbocycles. The van der Waals surface area contributed by atoms with E-state index in [1.54, 1.807) is 31.2 Å². The summed E-state index contributed by atoms with van der Waals surface area (Å²) in [6.45, 7) is 1.78. The molecule has 0 aliphatic carbocycles. The molecule has 0 atom stereocenters. The van der Waals surface area contributed by atoms with Crippen molar-refractivity contribution in [3.8, 4) is 17.6 Å². The van der Waals surface area contributed by atoms with Crippen molar-refractivity contribution in [2.24, 2.45) is 5.73 Å². The van der Waals surface area contributed by atoms with Gasteiger partial charge in [-0.1, -0.05) is 12.1 Å². The molecule has 2 rings (SSSR count). The Morgan fingerprint density at radius 3 is 2.66 bits per heavy atom. The summed E-state index contributed by atoms with van der Waals surface area (Å²) in [4.78, 5) is 23.4. The van der Waals surface area contributed by atoms with E-state index in [-0.39, 0.29) is 17.9 Å². The smallest absolute Gasteiger partial charge is 0.266 e. The number of anilines is 1. The van der Waals surface area contributed by atoms with Crippen LogP contribution in [0.3, 0.4) is 0 Å². The second kappa shape index (κ2) is 10.4. The molecular weight excluding hydrogens is 492 g/mol. The van der Waals surface area contributed by atoms with Gasteiger partial charge >= 0.3 is 0 Å². The largest absolute Gasteiger partial charge is 0.490 e. The van der Waals surface area contributed by atoms with Crippen molar-refractivity contribution in [3.63, 3.8) is 0 Å². The normalized spacial score (nSPS) is 10.8. The molecule has 29 heavy (non-hydrogen) atoms. The summed E-state index contributed by atoms with van der Waals surface area (Å²) in [5.41, 5.74) is 5.35. The minimum absolute atomic E-state index is 0.0292. The van der Waals surface area contributed by atoms with Crippen LogP contribution in [-0.4, -0.2) is 25.0 Å². The molecule has 9 heteroatoms. The van der Waals surface area contributed by atoms with E-state index in [1.165, 1.54) is 24.3 Å². The van der Waals surface area contributed by atoms with E-state index in [9.17, 15) is 19.2 Å². The third-order valence-electron chi connectivity index (χ3n) is 3.49. The van der Waals surface area contributed by atoms with Crippen molar-refractivity contribution in [2.45, 2.75) is 6.92 Å². The Hall–Kier alpha value is -3.13. The number of nitrogens with one attached hydrogen (secondary N) is 1. The lowest BCUT2D eigenvalue weighted by atomic mass is 10.1. The van der Waals surface area contributed by atoms with Crippen LogP contribution < -0.4 is 20.5 Å². The van der Waals surface area contributed by atoms with Crippen LogP contribution in [0.15, 0.2) is 42.0 Å². The van der Waals surface area contributed by atoms with Gasteiger partial charge < -0.3 is 20.5 Å². The predicted octanol–water partition coefficient (Wildman–Crippen LogP) is 3.24. The molecule has 0 unspecified atom stereocenters. The van der Waals surface area contributed by atoms with Crippen molar-refractivity contribution in [3.05, 3.63) is 56.9 Å². The number of para-hydroxylation sites is 1. The maximum Gasteiger partial charge on any atom is 0.266 e. The zero-order chi connectivity index (χ0) is 21.4. The van der Waals surface area contributed by atoms with Gasteiger partial charge in [-0.3, -0.25) is 9.59 Å². The average Bonchev–Trinajstić information content (AvgIpc) is 2.67. The van der Waals surface area contributed by atoms with E-state index in [4.69, 9.17) is 15.2 Å². The fourth-order valence-corrected chi connectivity index (χ4v) is 3.07. The van der Waals surface area contributed by atoms with Gasteiger partial charge in [-0.25, -0.2) is 4.39 Å². The Morgan fingerprint density at radius 1 is 1.31 bits per heavy atom. The number of hydrogen-bond acceptors (Lipinski definition) is 5. The highest BCUT2D eigenvalue weighted by molar-refractivity contribution is 14.1. The summed E-state index contributed by atoms with van der Waals surface area (Å²) >= 11 is 1.98. The van der Waals surface area contributed by atoms with Crippen LogP contribution in [0.5, 0.6) is 11.5 Å². The Labute approximate surface area is 180 Å². The van der Waals surface area contributed by atoms with Crippen LogP contribution in [0, 0.1) is 20.7 Å². The van der Waals surface area contributed by atoms with Gasteiger partial charge in [0, 0.05) is 0 Å². The Morgan fingerprint density at radius 2 is 2.03 bits per heavy atom. The number of benzene rings is 2. The van der Waals surface area contributed by atoms with Gasteiger partial charge in [-0.05, 0) is 65.4 Å². The Kier molecular flexibility index (Phi) is 7.97. The van der Waals surface area contributed by atoms with Crippen LogP contribution in [0.4, 0.5) is 10.1 Å². The fraction of sp³-hybridized carbons (Fsp3) is 0.150. The molecule has 2 aromatic carbocycles. The van der Waals surface area contributed by atoms with E-state index < -0.39 is 17.6 Å². The highest BCUT2D eigenvalue weighted by Gasteiger charge is 2.15. The number of rotatable bonds is 8. The molecular formula is C20H17FIN3O4. The average molecular weight is 509 g/mol. The van der Waals surface area contributed by atoms with E-state index in [0.717, 1.165) is 0 Å². The minimum Gasteiger partial charge on any atom is -0.490 e. The first-order valence-electron chi connectivity index (χ1n) is 8.40. The van der Waals surface area contributed by atoms with Crippen LogP contribution >= 0.6 is 22.6 Å². The molecule has 0 spiro atoms. The first-order valence-corrected chi connectivity index (χ1v) is 9.48. The zero-order valence-corrected chi connectivity index (χ0v) is 17.5. The molecule has 0 aliphatic heterocycles. The number of ether oxygens (including phenoxy) is 2. The van der Waals surface area contributed by atoms with E-state index in [0.29, 0.717) is 27.2 Å². The van der Waals surface area contributed by atoms with E-state index in [2.05, 4.69) is 5.32 Å². The van der Waals surface area contributed by atoms with Crippen LogP contribution in [0.1, 0.15) is 12.5 Å².